The molecule has 0 radical (unpaired) electrons. The maximum Gasteiger partial charge on any atom is 0.323 e. The molecule has 34 heavy (non-hydrogen) atoms. The van der Waals surface area contributed by atoms with Crippen LogP contribution in [0, 0.1) is 0 Å². The van der Waals surface area contributed by atoms with Gasteiger partial charge in [-0.25, -0.2) is 5.84 Å². The molecule has 7 N–H and O–H groups in total. The first-order chi connectivity index (χ1) is 16.1. The number of hydrazine groups is 1. The van der Waals surface area contributed by atoms with Crippen molar-refractivity contribution in [2.24, 2.45) is 16.8 Å². The number of halogens is 1. The summed E-state index contributed by atoms with van der Waals surface area (Å²) in [6, 6.07) is 13.8. The third-order valence-corrected chi connectivity index (χ3v) is 5.11. The van der Waals surface area contributed by atoms with Crippen molar-refractivity contribution in [2.75, 3.05) is 0 Å². The molecule has 0 aliphatic heterocycles. The molecule has 0 saturated heterocycles. The van der Waals surface area contributed by atoms with E-state index in [1.54, 1.807) is 20.8 Å². The number of amides is 1. The van der Waals surface area contributed by atoms with Crippen LogP contribution < -0.4 is 27.7 Å². The second kappa shape index (κ2) is 12.4. The lowest BCUT2D eigenvalue weighted by Crippen LogP contribution is -2.56. The number of rotatable bonds is 8. The molecule has 2 aromatic rings. The highest BCUT2D eigenvalue weighted by molar-refractivity contribution is 6.30. The number of nitrogens with zero attached hydrogens (tertiary/aromatic N) is 1. The summed E-state index contributed by atoms with van der Waals surface area (Å²) in [5.41, 5.74) is 4.42. The van der Waals surface area contributed by atoms with Gasteiger partial charge in [0.15, 0.2) is 0 Å². The van der Waals surface area contributed by atoms with Gasteiger partial charge in [0.1, 0.15) is 11.6 Å². The molecule has 0 bridgehead atoms. The smallest absolute Gasteiger partial charge is 0.323 e. The largest absolute Gasteiger partial charge is 0.459 e. The molecule has 9 nitrogen and oxygen atoms in total. The van der Waals surface area contributed by atoms with Crippen LogP contribution in [0.25, 0.3) is 11.1 Å². The van der Waals surface area contributed by atoms with Crippen LogP contribution in [0.1, 0.15) is 39.7 Å². The van der Waals surface area contributed by atoms with Crippen molar-refractivity contribution in [1.82, 2.24) is 16.1 Å². The molecule has 10 heteroatoms. The van der Waals surface area contributed by atoms with E-state index in [0.29, 0.717) is 17.9 Å². The predicted octanol–water partition coefficient (Wildman–Crippen LogP) is 2.44. The second-order valence-corrected chi connectivity index (χ2v) is 9.17. The molecule has 0 spiro atoms. The van der Waals surface area contributed by atoms with E-state index in [9.17, 15) is 9.59 Å². The van der Waals surface area contributed by atoms with Crippen molar-refractivity contribution in [3.8, 4) is 11.1 Å². The van der Waals surface area contributed by atoms with Gasteiger partial charge in [-0.1, -0.05) is 54.9 Å². The van der Waals surface area contributed by atoms with Gasteiger partial charge in [0.05, 0.1) is 6.04 Å². The number of esters is 1. The normalized spacial score (nSPS) is 13.6. The Morgan fingerprint density at radius 2 is 1.76 bits per heavy atom. The highest BCUT2D eigenvalue weighted by Gasteiger charge is 2.29. The lowest BCUT2D eigenvalue weighted by molar-refractivity contribution is -0.157. The molecule has 2 atom stereocenters. The lowest BCUT2D eigenvalue weighted by atomic mass is 9.99. The Labute approximate surface area is 205 Å². The van der Waals surface area contributed by atoms with E-state index < -0.39 is 29.6 Å². The Morgan fingerprint density at radius 3 is 2.29 bits per heavy atom. The average Bonchev–Trinajstić information content (AvgIpc) is 2.79. The molecular formula is C24H33ClN6O3. The van der Waals surface area contributed by atoms with Crippen LogP contribution in [0.3, 0.4) is 0 Å². The summed E-state index contributed by atoms with van der Waals surface area (Å²) in [7, 11) is 0. The number of carbonyl (C=O) groups is 2. The van der Waals surface area contributed by atoms with E-state index in [4.69, 9.17) is 28.0 Å². The summed E-state index contributed by atoms with van der Waals surface area (Å²) < 4.78 is 5.50. The van der Waals surface area contributed by atoms with E-state index in [2.05, 4.69) is 21.2 Å². The summed E-state index contributed by atoms with van der Waals surface area (Å²) in [5.74, 6) is 9.58. The van der Waals surface area contributed by atoms with Crippen molar-refractivity contribution in [1.29, 1.82) is 0 Å². The minimum absolute atomic E-state index is 0.0987. The first-order valence-corrected chi connectivity index (χ1v) is 11.3. The maximum absolute atomic E-state index is 13.0. The number of nitrogens with two attached hydrogens (primary N) is 2. The van der Waals surface area contributed by atoms with E-state index >= 15 is 0 Å². The Morgan fingerprint density at radius 1 is 1.09 bits per heavy atom. The summed E-state index contributed by atoms with van der Waals surface area (Å²) in [5, 5.41) is 9.67. The minimum atomic E-state index is -0.792. The second-order valence-electron chi connectivity index (χ2n) is 8.74. The van der Waals surface area contributed by atoms with Crippen LogP contribution in [-0.4, -0.2) is 35.5 Å². The highest BCUT2D eigenvalue weighted by Crippen LogP contribution is 2.23. The molecule has 0 aromatic heterocycles. The van der Waals surface area contributed by atoms with E-state index in [1.165, 1.54) is 0 Å². The molecular weight excluding hydrogens is 456 g/mol. The van der Waals surface area contributed by atoms with Gasteiger partial charge < -0.3 is 10.6 Å². The lowest BCUT2D eigenvalue weighted by Gasteiger charge is -2.27. The zero-order chi connectivity index (χ0) is 25.3. The van der Waals surface area contributed by atoms with E-state index in [-0.39, 0.29) is 5.96 Å². The van der Waals surface area contributed by atoms with Gasteiger partial charge in [0.25, 0.3) is 0 Å². The van der Waals surface area contributed by atoms with Gasteiger partial charge >= 0.3 is 5.97 Å². The fourth-order valence-electron chi connectivity index (χ4n) is 3.24. The summed E-state index contributed by atoms with van der Waals surface area (Å²) >= 11 is 6.10. The fourth-order valence-corrected chi connectivity index (χ4v) is 3.43. The fraction of sp³-hybridized carbons (Fsp3) is 0.375. The van der Waals surface area contributed by atoms with Crippen molar-refractivity contribution < 1.29 is 14.3 Å². The number of guanidine groups is 1. The predicted molar refractivity (Wildman–Crippen MR) is 135 cm³/mol. The number of benzene rings is 2. The third kappa shape index (κ3) is 8.33. The van der Waals surface area contributed by atoms with Crippen molar-refractivity contribution >= 4 is 29.4 Å². The Bertz CT molecular complexity index is 1000. The molecule has 1 amide bonds. The van der Waals surface area contributed by atoms with Crippen LogP contribution in [0.5, 0.6) is 0 Å². The molecule has 0 saturated carbocycles. The zero-order valence-corrected chi connectivity index (χ0v) is 20.6. The Kier molecular flexibility index (Phi) is 9.85. The summed E-state index contributed by atoms with van der Waals surface area (Å²) in [6.07, 6.45) is 0.725. The van der Waals surface area contributed by atoms with Gasteiger partial charge in [-0.15, -0.1) is 5.10 Å². The maximum atomic E-state index is 13.0. The topological polar surface area (TPSA) is 144 Å². The van der Waals surface area contributed by atoms with Gasteiger partial charge in [0.2, 0.25) is 11.9 Å². The van der Waals surface area contributed by atoms with Crippen LogP contribution in [0.2, 0.25) is 5.02 Å². The van der Waals surface area contributed by atoms with E-state index in [1.807, 2.05) is 55.5 Å². The SMILES string of the molecule is CC[C@H](N[C@@H](Cc1ccc(-c2cccc(Cl)c2)cc1)C(=O)N/C(=N/N)NN)C(=O)OC(C)(C)C. The summed E-state index contributed by atoms with van der Waals surface area (Å²) in [6.45, 7) is 7.21. The molecule has 0 aliphatic carbocycles. The minimum Gasteiger partial charge on any atom is -0.459 e. The number of hydrogen-bond donors (Lipinski definition) is 5. The quantitative estimate of drug-likeness (QED) is 0.126. The summed E-state index contributed by atoms with van der Waals surface area (Å²) in [4.78, 5) is 25.6. The number of hydrogen-bond acceptors (Lipinski definition) is 7. The standard InChI is InChI=1S/C24H33ClN6O3/c1-5-19(22(33)34-24(2,3)4)28-20(21(32)29-23(30-26)31-27)13-15-9-11-16(12-10-15)17-7-6-8-18(25)14-17/h6-12,14,19-20,28H,5,13,26-27H2,1-4H3,(H2,29,30,31,32)/t19-,20-/m0/s1. The van der Waals surface area contributed by atoms with Gasteiger partial charge in [-0.3, -0.25) is 25.6 Å². The van der Waals surface area contributed by atoms with Crippen LogP contribution in [-0.2, 0) is 20.7 Å². The molecule has 0 fully saturated rings. The van der Waals surface area contributed by atoms with Crippen molar-refractivity contribution in [2.45, 2.75) is 58.2 Å². The molecule has 184 valence electrons. The van der Waals surface area contributed by atoms with Gasteiger partial charge in [-0.2, -0.15) is 0 Å². The number of nitrogens with one attached hydrogen (secondary N) is 3. The Hall–Kier alpha value is -3.14. The number of hydrazone groups is 1. The van der Waals surface area contributed by atoms with Crippen LogP contribution >= 0.6 is 11.6 Å². The molecule has 0 unspecified atom stereocenters. The molecule has 2 aromatic carbocycles. The van der Waals surface area contributed by atoms with Crippen molar-refractivity contribution in [3.63, 3.8) is 0 Å². The molecule has 2 rings (SSSR count). The molecule has 0 heterocycles. The molecule has 0 aliphatic rings. The average molecular weight is 489 g/mol. The van der Waals surface area contributed by atoms with Crippen molar-refractivity contribution in [3.05, 3.63) is 59.1 Å². The zero-order valence-electron chi connectivity index (χ0n) is 19.9. The van der Waals surface area contributed by atoms with Crippen LogP contribution in [0.15, 0.2) is 53.6 Å². The monoisotopic (exact) mass is 488 g/mol. The van der Waals surface area contributed by atoms with E-state index in [0.717, 1.165) is 16.7 Å². The van der Waals surface area contributed by atoms with Gasteiger partial charge in [-0.05, 0) is 62.4 Å². The number of ether oxygens (including phenoxy) is 1. The van der Waals surface area contributed by atoms with Crippen LogP contribution in [0.4, 0.5) is 0 Å². The first kappa shape index (κ1) is 27.1. The van der Waals surface area contributed by atoms with Gasteiger partial charge in [0, 0.05) is 5.02 Å². The third-order valence-electron chi connectivity index (χ3n) is 4.88. The first-order valence-electron chi connectivity index (χ1n) is 11.0. The number of carbonyl (C=O) groups excluding carboxylic acids is 2. The highest BCUT2D eigenvalue weighted by atomic mass is 35.5. The Balaban J connectivity index is 2.24.